The van der Waals surface area contributed by atoms with Crippen LogP contribution >= 0.6 is 0 Å². The van der Waals surface area contributed by atoms with Gasteiger partial charge in [0, 0.05) is 6.21 Å². The largest absolute Gasteiger partial charge is 0.256 e. The average molecular weight is 209 g/mol. The monoisotopic (exact) mass is 209 g/mol. The summed E-state index contributed by atoms with van der Waals surface area (Å²) in [6.45, 7) is 4.21. The van der Waals surface area contributed by atoms with Crippen LogP contribution in [0.4, 0.5) is 5.69 Å². The van der Waals surface area contributed by atoms with Gasteiger partial charge in [-0.25, -0.2) is 0 Å². The fourth-order valence-electron chi connectivity index (χ4n) is 1.56. The Morgan fingerprint density at radius 2 is 1.62 bits per heavy atom. The standard InChI is InChI=1S/C15H15N/c1-12-7-6-10-15(13(12)2)16-11-14-8-4-3-5-9-14/h3-11H,1-2H3. The number of rotatable bonds is 2. The van der Waals surface area contributed by atoms with E-state index < -0.39 is 0 Å². The molecule has 0 bridgehead atoms. The minimum absolute atomic E-state index is 1.05. The third kappa shape index (κ3) is 2.37. The normalized spacial score (nSPS) is 10.9. The highest BCUT2D eigenvalue weighted by Gasteiger charge is 1.97. The molecule has 2 aromatic carbocycles. The smallest absolute Gasteiger partial charge is 0.0661 e. The minimum atomic E-state index is 1.05. The van der Waals surface area contributed by atoms with Gasteiger partial charge in [-0.15, -0.1) is 0 Å². The van der Waals surface area contributed by atoms with Crippen molar-refractivity contribution >= 4 is 11.9 Å². The van der Waals surface area contributed by atoms with Crippen molar-refractivity contribution in [1.29, 1.82) is 0 Å². The third-order valence-electron chi connectivity index (χ3n) is 2.73. The average Bonchev–Trinajstić information content (AvgIpc) is 2.32. The maximum absolute atomic E-state index is 4.51. The molecule has 1 nitrogen and oxygen atoms in total. The molecule has 0 atom stereocenters. The van der Waals surface area contributed by atoms with Crippen molar-refractivity contribution in [3.05, 3.63) is 65.2 Å². The van der Waals surface area contributed by atoms with Gasteiger partial charge in [0.25, 0.3) is 0 Å². The second-order valence-corrected chi connectivity index (χ2v) is 3.89. The topological polar surface area (TPSA) is 12.4 Å². The first-order valence-electron chi connectivity index (χ1n) is 5.43. The fraction of sp³-hybridized carbons (Fsp3) is 0.133. The number of aliphatic imine (C=N–C) groups is 1. The Kier molecular flexibility index (Phi) is 3.16. The Hall–Kier alpha value is -1.89. The van der Waals surface area contributed by atoms with Gasteiger partial charge >= 0.3 is 0 Å². The van der Waals surface area contributed by atoms with E-state index in [4.69, 9.17) is 0 Å². The van der Waals surface area contributed by atoms with Crippen LogP contribution < -0.4 is 0 Å². The SMILES string of the molecule is Cc1cccc(N=Cc2ccccc2)c1C. The predicted molar refractivity (Wildman–Crippen MR) is 69.6 cm³/mol. The summed E-state index contributed by atoms with van der Waals surface area (Å²) in [6, 6.07) is 16.3. The van der Waals surface area contributed by atoms with Crippen LogP contribution in [0.15, 0.2) is 53.5 Å². The molecule has 0 aliphatic heterocycles. The van der Waals surface area contributed by atoms with Crippen LogP contribution in [0.5, 0.6) is 0 Å². The summed E-state index contributed by atoms with van der Waals surface area (Å²) < 4.78 is 0. The molecule has 1 heteroatoms. The van der Waals surface area contributed by atoms with Crippen molar-refractivity contribution in [2.75, 3.05) is 0 Å². The highest BCUT2D eigenvalue weighted by Crippen LogP contribution is 2.20. The Morgan fingerprint density at radius 3 is 2.38 bits per heavy atom. The summed E-state index contributed by atoms with van der Waals surface area (Å²) in [4.78, 5) is 4.51. The highest BCUT2D eigenvalue weighted by atomic mass is 14.7. The molecule has 2 aromatic rings. The summed E-state index contributed by atoms with van der Waals surface area (Å²) in [5.41, 5.74) is 4.70. The van der Waals surface area contributed by atoms with E-state index in [0.717, 1.165) is 11.3 Å². The Bertz CT molecular complexity index is 498. The lowest BCUT2D eigenvalue weighted by Gasteiger charge is -2.02. The zero-order chi connectivity index (χ0) is 11.4. The van der Waals surface area contributed by atoms with Gasteiger partial charge in [-0.05, 0) is 36.6 Å². The molecule has 0 unspecified atom stereocenters. The summed E-state index contributed by atoms with van der Waals surface area (Å²) in [5, 5.41) is 0. The lowest BCUT2D eigenvalue weighted by molar-refractivity contribution is 1.31. The van der Waals surface area contributed by atoms with Gasteiger partial charge < -0.3 is 0 Å². The van der Waals surface area contributed by atoms with E-state index in [1.54, 1.807) is 0 Å². The molecule has 0 aliphatic carbocycles. The van der Waals surface area contributed by atoms with Gasteiger partial charge in [0.2, 0.25) is 0 Å². The van der Waals surface area contributed by atoms with Crippen molar-refractivity contribution in [3.63, 3.8) is 0 Å². The minimum Gasteiger partial charge on any atom is -0.256 e. The van der Waals surface area contributed by atoms with Gasteiger partial charge in [-0.2, -0.15) is 0 Å². The highest BCUT2D eigenvalue weighted by molar-refractivity contribution is 5.82. The second kappa shape index (κ2) is 4.75. The molecule has 0 saturated carbocycles. The van der Waals surface area contributed by atoms with Crippen LogP contribution in [0.2, 0.25) is 0 Å². The maximum atomic E-state index is 4.51. The molecule has 0 heterocycles. The number of hydrogen-bond donors (Lipinski definition) is 0. The molecule has 80 valence electrons. The fourth-order valence-corrected chi connectivity index (χ4v) is 1.56. The van der Waals surface area contributed by atoms with E-state index in [1.165, 1.54) is 11.1 Å². The molecule has 0 aromatic heterocycles. The molecule has 0 N–H and O–H groups in total. The van der Waals surface area contributed by atoms with E-state index in [-0.39, 0.29) is 0 Å². The van der Waals surface area contributed by atoms with Crippen molar-refractivity contribution in [2.24, 2.45) is 4.99 Å². The lowest BCUT2D eigenvalue weighted by Crippen LogP contribution is -1.82. The van der Waals surface area contributed by atoms with Crippen LogP contribution in [-0.4, -0.2) is 6.21 Å². The van der Waals surface area contributed by atoms with E-state index in [1.807, 2.05) is 36.5 Å². The molecule has 0 fully saturated rings. The molecule has 0 aliphatic rings. The first-order chi connectivity index (χ1) is 7.77. The maximum Gasteiger partial charge on any atom is 0.0661 e. The van der Waals surface area contributed by atoms with Crippen LogP contribution in [0.3, 0.4) is 0 Å². The van der Waals surface area contributed by atoms with Crippen molar-refractivity contribution in [3.8, 4) is 0 Å². The Balaban J connectivity index is 2.28. The molecular weight excluding hydrogens is 194 g/mol. The number of nitrogens with zero attached hydrogens (tertiary/aromatic N) is 1. The Morgan fingerprint density at radius 1 is 0.875 bits per heavy atom. The number of hydrogen-bond acceptors (Lipinski definition) is 1. The molecule has 16 heavy (non-hydrogen) atoms. The van der Waals surface area contributed by atoms with Crippen LogP contribution in [0.25, 0.3) is 0 Å². The second-order valence-electron chi connectivity index (χ2n) is 3.89. The van der Waals surface area contributed by atoms with Gasteiger partial charge in [0.1, 0.15) is 0 Å². The molecule has 0 radical (unpaired) electrons. The molecule has 0 spiro atoms. The van der Waals surface area contributed by atoms with Gasteiger partial charge in [0.15, 0.2) is 0 Å². The number of benzene rings is 2. The van der Waals surface area contributed by atoms with E-state index >= 15 is 0 Å². The van der Waals surface area contributed by atoms with Crippen molar-refractivity contribution in [2.45, 2.75) is 13.8 Å². The van der Waals surface area contributed by atoms with E-state index in [2.05, 4.69) is 37.0 Å². The first-order valence-corrected chi connectivity index (χ1v) is 5.43. The zero-order valence-corrected chi connectivity index (χ0v) is 9.64. The molecular formula is C15H15N. The molecule has 0 saturated heterocycles. The summed E-state index contributed by atoms with van der Waals surface area (Å²) in [7, 11) is 0. The lowest BCUT2D eigenvalue weighted by atomic mass is 10.1. The van der Waals surface area contributed by atoms with E-state index in [9.17, 15) is 0 Å². The van der Waals surface area contributed by atoms with Crippen molar-refractivity contribution < 1.29 is 0 Å². The van der Waals surface area contributed by atoms with Crippen LogP contribution in [0.1, 0.15) is 16.7 Å². The van der Waals surface area contributed by atoms with E-state index in [0.29, 0.717) is 0 Å². The third-order valence-corrected chi connectivity index (χ3v) is 2.73. The molecule has 2 rings (SSSR count). The van der Waals surface area contributed by atoms with Gasteiger partial charge in [-0.3, -0.25) is 4.99 Å². The van der Waals surface area contributed by atoms with Crippen LogP contribution in [-0.2, 0) is 0 Å². The van der Waals surface area contributed by atoms with Gasteiger partial charge in [0.05, 0.1) is 5.69 Å². The van der Waals surface area contributed by atoms with Crippen LogP contribution in [0, 0.1) is 13.8 Å². The quantitative estimate of drug-likeness (QED) is 0.661. The predicted octanol–water partition coefficient (Wildman–Crippen LogP) is 4.05. The summed E-state index contributed by atoms with van der Waals surface area (Å²) in [6.07, 6.45) is 1.90. The van der Waals surface area contributed by atoms with Crippen molar-refractivity contribution in [1.82, 2.24) is 0 Å². The Labute approximate surface area is 96.5 Å². The number of aryl methyl sites for hydroxylation is 1. The molecule has 0 amide bonds. The first kappa shape index (κ1) is 10.6. The van der Waals surface area contributed by atoms with Gasteiger partial charge in [-0.1, -0.05) is 42.5 Å². The summed E-state index contributed by atoms with van der Waals surface area (Å²) >= 11 is 0. The summed E-state index contributed by atoms with van der Waals surface area (Å²) in [5.74, 6) is 0. The zero-order valence-electron chi connectivity index (χ0n) is 9.64.